The summed E-state index contributed by atoms with van der Waals surface area (Å²) in [4.78, 5) is 0. The van der Waals surface area contributed by atoms with Gasteiger partial charge in [0.1, 0.15) is 10.0 Å². The van der Waals surface area contributed by atoms with Crippen molar-refractivity contribution in [3.63, 3.8) is 0 Å². The number of aromatic nitrogens is 4. The number of hydrogen-bond acceptors (Lipinski definition) is 4. The molecule has 0 spiro atoms. The molecule has 0 aliphatic rings. The van der Waals surface area contributed by atoms with Crippen molar-refractivity contribution in [1.82, 2.24) is 20.0 Å². The van der Waals surface area contributed by atoms with Crippen molar-refractivity contribution >= 4 is 27.3 Å². The first-order chi connectivity index (χ1) is 13.6. The van der Waals surface area contributed by atoms with Crippen molar-refractivity contribution in [2.45, 2.75) is 33.2 Å². The minimum atomic E-state index is 0.663. The average Bonchev–Trinajstić information content (AvgIpc) is 3.27. The zero-order chi connectivity index (χ0) is 19.5. The fourth-order valence-electron chi connectivity index (χ4n) is 3.29. The lowest BCUT2D eigenvalue weighted by molar-refractivity contribution is 0.650. The van der Waals surface area contributed by atoms with Crippen LogP contribution < -0.4 is 0 Å². The highest BCUT2D eigenvalue weighted by Crippen LogP contribution is 2.25. The molecule has 0 aliphatic heterocycles. The van der Waals surface area contributed by atoms with Gasteiger partial charge in [-0.25, -0.2) is 0 Å². The van der Waals surface area contributed by atoms with Crippen LogP contribution in [-0.4, -0.2) is 20.0 Å². The van der Waals surface area contributed by atoms with Crippen molar-refractivity contribution in [3.05, 3.63) is 86.0 Å². The molecule has 2 aromatic carbocycles. The quantitative estimate of drug-likeness (QED) is 0.381. The minimum absolute atomic E-state index is 0.663. The van der Waals surface area contributed by atoms with E-state index in [1.165, 1.54) is 16.7 Å². The third-order valence-electron chi connectivity index (χ3n) is 4.80. The van der Waals surface area contributed by atoms with Crippen LogP contribution in [0, 0.1) is 13.8 Å². The minimum Gasteiger partial charge on any atom is -0.261 e. The molecule has 142 valence electrons. The lowest BCUT2D eigenvalue weighted by atomic mass is 9.97. The van der Waals surface area contributed by atoms with Crippen LogP contribution in [0.2, 0.25) is 0 Å². The Balaban J connectivity index is 1.46. The molecule has 0 bridgehead atoms. The van der Waals surface area contributed by atoms with E-state index in [2.05, 4.69) is 92.7 Å². The fraction of sp³-hybridized carbons (Fsp3) is 0.227. The Morgan fingerprint density at radius 2 is 1.61 bits per heavy atom. The number of rotatable bonds is 6. The first-order valence-corrected chi connectivity index (χ1v) is 10.9. The van der Waals surface area contributed by atoms with E-state index < -0.39 is 0 Å². The summed E-state index contributed by atoms with van der Waals surface area (Å²) < 4.78 is 3.05. The molecular weight excluding hydrogens is 432 g/mol. The van der Waals surface area contributed by atoms with Crippen LogP contribution in [0.4, 0.5) is 0 Å². The molecule has 0 atom stereocenters. The number of nitrogens with zero attached hydrogens (tertiary/aromatic N) is 4. The SMILES string of the molecule is Cc1nn(Cc2nnc(CCc3ccccc3-c3ccccc3)s2)c(C)c1Br. The van der Waals surface area contributed by atoms with Gasteiger partial charge in [0, 0.05) is 6.42 Å². The van der Waals surface area contributed by atoms with Crippen LogP contribution in [0.25, 0.3) is 11.1 Å². The molecule has 0 fully saturated rings. The normalized spacial score (nSPS) is 11.1. The van der Waals surface area contributed by atoms with Gasteiger partial charge in [-0.15, -0.1) is 10.2 Å². The molecule has 0 N–H and O–H groups in total. The summed E-state index contributed by atoms with van der Waals surface area (Å²) >= 11 is 5.25. The number of halogens is 1. The van der Waals surface area contributed by atoms with E-state index in [1.54, 1.807) is 11.3 Å². The summed E-state index contributed by atoms with van der Waals surface area (Å²) in [6, 6.07) is 19.1. The van der Waals surface area contributed by atoms with Gasteiger partial charge in [0.25, 0.3) is 0 Å². The molecule has 4 rings (SSSR count). The van der Waals surface area contributed by atoms with Crippen LogP contribution in [0.15, 0.2) is 59.1 Å². The summed E-state index contributed by atoms with van der Waals surface area (Å²) in [6.07, 6.45) is 1.84. The zero-order valence-electron chi connectivity index (χ0n) is 15.9. The lowest BCUT2D eigenvalue weighted by Gasteiger charge is -2.08. The predicted octanol–water partition coefficient (Wildman–Crippen LogP) is 5.61. The Morgan fingerprint density at radius 1 is 0.893 bits per heavy atom. The second-order valence-electron chi connectivity index (χ2n) is 6.76. The number of hydrogen-bond donors (Lipinski definition) is 0. The van der Waals surface area contributed by atoms with E-state index in [1.807, 2.05) is 11.6 Å². The molecule has 28 heavy (non-hydrogen) atoms. The molecule has 4 aromatic rings. The van der Waals surface area contributed by atoms with Crippen molar-refractivity contribution in [3.8, 4) is 11.1 Å². The molecule has 0 radical (unpaired) electrons. The van der Waals surface area contributed by atoms with Gasteiger partial charge in [0.2, 0.25) is 0 Å². The third kappa shape index (κ3) is 4.08. The number of aryl methyl sites for hydroxylation is 3. The monoisotopic (exact) mass is 452 g/mol. The van der Waals surface area contributed by atoms with Gasteiger partial charge >= 0.3 is 0 Å². The Labute approximate surface area is 177 Å². The molecule has 2 heterocycles. The molecule has 6 heteroatoms. The van der Waals surface area contributed by atoms with E-state index in [-0.39, 0.29) is 0 Å². The van der Waals surface area contributed by atoms with E-state index in [4.69, 9.17) is 0 Å². The summed E-state index contributed by atoms with van der Waals surface area (Å²) in [6.45, 7) is 4.73. The van der Waals surface area contributed by atoms with E-state index >= 15 is 0 Å². The Hall–Kier alpha value is -2.31. The van der Waals surface area contributed by atoms with Gasteiger partial charge in [-0.1, -0.05) is 65.9 Å². The maximum Gasteiger partial charge on any atom is 0.139 e. The zero-order valence-corrected chi connectivity index (χ0v) is 18.3. The average molecular weight is 453 g/mol. The van der Waals surface area contributed by atoms with Crippen molar-refractivity contribution in [1.29, 1.82) is 0 Å². The largest absolute Gasteiger partial charge is 0.261 e. The maximum atomic E-state index is 4.56. The first-order valence-electron chi connectivity index (χ1n) is 9.26. The summed E-state index contributed by atoms with van der Waals surface area (Å²) in [5.74, 6) is 0. The second kappa shape index (κ2) is 8.37. The second-order valence-corrected chi connectivity index (χ2v) is 8.69. The van der Waals surface area contributed by atoms with Crippen LogP contribution in [0.3, 0.4) is 0 Å². The van der Waals surface area contributed by atoms with Gasteiger partial charge in [-0.3, -0.25) is 4.68 Å². The maximum absolute atomic E-state index is 4.56. The predicted molar refractivity (Wildman–Crippen MR) is 118 cm³/mol. The highest BCUT2D eigenvalue weighted by atomic mass is 79.9. The van der Waals surface area contributed by atoms with Gasteiger partial charge < -0.3 is 0 Å². The highest BCUT2D eigenvalue weighted by molar-refractivity contribution is 9.10. The van der Waals surface area contributed by atoms with Crippen LogP contribution in [0.1, 0.15) is 27.0 Å². The Morgan fingerprint density at radius 3 is 2.36 bits per heavy atom. The van der Waals surface area contributed by atoms with E-state index in [0.717, 1.165) is 38.7 Å². The smallest absolute Gasteiger partial charge is 0.139 e. The van der Waals surface area contributed by atoms with E-state index in [0.29, 0.717) is 6.54 Å². The van der Waals surface area contributed by atoms with Crippen molar-refractivity contribution in [2.24, 2.45) is 0 Å². The van der Waals surface area contributed by atoms with Crippen LogP contribution in [0.5, 0.6) is 0 Å². The summed E-state index contributed by atoms with van der Waals surface area (Å²) in [7, 11) is 0. The van der Waals surface area contributed by atoms with Crippen molar-refractivity contribution in [2.75, 3.05) is 0 Å². The standard InChI is InChI=1S/C22H21BrN4S/c1-15-22(23)16(2)27(26-15)14-21-25-24-20(28-21)13-12-18-10-6-7-11-19(18)17-8-4-3-5-9-17/h3-11H,12-14H2,1-2H3. The Bertz CT molecular complexity index is 1090. The van der Waals surface area contributed by atoms with Crippen molar-refractivity contribution < 1.29 is 0 Å². The third-order valence-corrected chi connectivity index (χ3v) is 6.91. The van der Waals surface area contributed by atoms with Gasteiger partial charge in [0.05, 0.1) is 22.4 Å². The van der Waals surface area contributed by atoms with Crippen LogP contribution in [-0.2, 0) is 19.4 Å². The van der Waals surface area contributed by atoms with Gasteiger partial charge in [-0.2, -0.15) is 5.10 Å². The van der Waals surface area contributed by atoms with E-state index in [9.17, 15) is 0 Å². The van der Waals surface area contributed by atoms with Crippen LogP contribution >= 0.6 is 27.3 Å². The molecule has 0 amide bonds. The molecule has 0 unspecified atom stereocenters. The summed E-state index contributed by atoms with van der Waals surface area (Å²) in [5, 5.41) is 15.4. The highest BCUT2D eigenvalue weighted by Gasteiger charge is 2.12. The number of benzene rings is 2. The first kappa shape index (κ1) is 19.0. The topological polar surface area (TPSA) is 43.6 Å². The lowest BCUT2D eigenvalue weighted by Crippen LogP contribution is -2.03. The summed E-state index contributed by atoms with van der Waals surface area (Å²) in [5.41, 5.74) is 6.00. The molecule has 0 saturated carbocycles. The molecule has 4 nitrogen and oxygen atoms in total. The fourth-order valence-corrected chi connectivity index (χ4v) is 4.40. The Kier molecular flexibility index (Phi) is 5.69. The molecular formula is C22H21BrN4S. The van der Waals surface area contributed by atoms with Gasteiger partial charge in [0.15, 0.2) is 0 Å². The molecule has 0 saturated heterocycles. The van der Waals surface area contributed by atoms with Gasteiger partial charge in [-0.05, 0) is 52.9 Å². The molecule has 2 aromatic heterocycles. The molecule has 0 aliphatic carbocycles.